The van der Waals surface area contributed by atoms with Gasteiger partial charge >= 0.3 is 0 Å². The van der Waals surface area contributed by atoms with E-state index in [4.69, 9.17) is 19.7 Å². The van der Waals surface area contributed by atoms with Gasteiger partial charge in [0.2, 0.25) is 5.88 Å². The zero-order chi connectivity index (χ0) is 12.3. The van der Waals surface area contributed by atoms with Crippen LogP contribution >= 0.6 is 0 Å². The van der Waals surface area contributed by atoms with Gasteiger partial charge in [-0.25, -0.2) is 0 Å². The van der Waals surface area contributed by atoms with Crippen LogP contribution in [0, 0.1) is 0 Å². The first-order chi connectivity index (χ1) is 8.26. The van der Waals surface area contributed by atoms with E-state index in [2.05, 4.69) is 5.16 Å². The van der Waals surface area contributed by atoms with Crippen molar-refractivity contribution in [3.63, 3.8) is 0 Å². The SMILES string of the molecule is COCc1cccc(OC)c1-c1cc(N)on1. The molecule has 0 atom stereocenters. The molecule has 0 saturated heterocycles. The quantitative estimate of drug-likeness (QED) is 0.876. The van der Waals surface area contributed by atoms with E-state index in [1.54, 1.807) is 20.3 Å². The molecular weight excluding hydrogens is 220 g/mol. The lowest BCUT2D eigenvalue weighted by atomic mass is 10.0. The van der Waals surface area contributed by atoms with E-state index in [0.29, 0.717) is 18.1 Å². The molecule has 2 rings (SSSR count). The predicted molar refractivity (Wildman–Crippen MR) is 63.6 cm³/mol. The van der Waals surface area contributed by atoms with E-state index in [0.717, 1.165) is 11.1 Å². The zero-order valence-electron chi connectivity index (χ0n) is 9.77. The normalized spacial score (nSPS) is 10.5. The minimum atomic E-state index is 0.272. The van der Waals surface area contributed by atoms with Gasteiger partial charge < -0.3 is 19.7 Å². The summed E-state index contributed by atoms with van der Waals surface area (Å²) in [4.78, 5) is 0. The Morgan fingerprint density at radius 1 is 1.35 bits per heavy atom. The van der Waals surface area contributed by atoms with Crippen LogP contribution in [0.2, 0.25) is 0 Å². The second kappa shape index (κ2) is 4.88. The fourth-order valence-corrected chi connectivity index (χ4v) is 1.72. The fourth-order valence-electron chi connectivity index (χ4n) is 1.72. The summed E-state index contributed by atoms with van der Waals surface area (Å²) in [5.41, 5.74) is 7.99. The number of anilines is 1. The van der Waals surface area contributed by atoms with Crippen molar-refractivity contribution in [1.29, 1.82) is 0 Å². The van der Waals surface area contributed by atoms with Crippen molar-refractivity contribution in [2.24, 2.45) is 0 Å². The van der Waals surface area contributed by atoms with Gasteiger partial charge in [-0.3, -0.25) is 0 Å². The second-order valence-electron chi connectivity index (χ2n) is 3.54. The monoisotopic (exact) mass is 234 g/mol. The first kappa shape index (κ1) is 11.5. The van der Waals surface area contributed by atoms with E-state index in [-0.39, 0.29) is 5.88 Å². The highest BCUT2D eigenvalue weighted by Gasteiger charge is 2.15. The Kier molecular flexibility index (Phi) is 3.30. The van der Waals surface area contributed by atoms with Gasteiger partial charge in [-0.2, -0.15) is 0 Å². The van der Waals surface area contributed by atoms with Crippen LogP contribution in [0.25, 0.3) is 11.3 Å². The summed E-state index contributed by atoms with van der Waals surface area (Å²) in [5.74, 6) is 0.988. The lowest BCUT2D eigenvalue weighted by Crippen LogP contribution is -1.96. The average molecular weight is 234 g/mol. The Morgan fingerprint density at radius 3 is 2.76 bits per heavy atom. The van der Waals surface area contributed by atoms with E-state index < -0.39 is 0 Å². The third-order valence-electron chi connectivity index (χ3n) is 2.42. The van der Waals surface area contributed by atoms with Gasteiger partial charge in [0.15, 0.2) is 0 Å². The fraction of sp³-hybridized carbons (Fsp3) is 0.250. The van der Waals surface area contributed by atoms with Crippen LogP contribution in [0.4, 0.5) is 5.88 Å². The Bertz CT molecular complexity index is 508. The Hall–Kier alpha value is -2.01. The highest BCUT2D eigenvalue weighted by Crippen LogP contribution is 2.33. The molecule has 0 radical (unpaired) electrons. The summed E-state index contributed by atoms with van der Waals surface area (Å²) in [5, 5.41) is 3.90. The van der Waals surface area contributed by atoms with E-state index in [9.17, 15) is 0 Å². The molecule has 0 saturated carbocycles. The summed E-state index contributed by atoms with van der Waals surface area (Å²) in [7, 11) is 3.25. The smallest absolute Gasteiger partial charge is 0.222 e. The number of ether oxygens (including phenoxy) is 2. The molecule has 0 aliphatic carbocycles. The summed E-state index contributed by atoms with van der Waals surface area (Å²) < 4.78 is 15.4. The number of rotatable bonds is 4. The van der Waals surface area contributed by atoms with Gasteiger partial charge in [0.1, 0.15) is 11.4 Å². The molecule has 2 N–H and O–H groups in total. The minimum Gasteiger partial charge on any atom is -0.496 e. The Morgan fingerprint density at radius 2 is 2.18 bits per heavy atom. The van der Waals surface area contributed by atoms with Gasteiger partial charge in [0, 0.05) is 13.2 Å². The van der Waals surface area contributed by atoms with Crippen LogP contribution in [-0.2, 0) is 11.3 Å². The molecule has 0 fully saturated rings. The van der Waals surface area contributed by atoms with E-state index in [1.807, 2.05) is 18.2 Å². The summed E-state index contributed by atoms with van der Waals surface area (Å²) in [6.45, 7) is 0.472. The number of hydrogen-bond acceptors (Lipinski definition) is 5. The van der Waals surface area contributed by atoms with Gasteiger partial charge in [-0.05, 0) is 11.6 Å². The number of benzene rings is 1. The van der Waals surface area contributed by atoms with Crippen LogP contribution in [0.3, 0.4) is 0 Å². The average Bonchev–Trinajstić information content (AvgIpc) is 2.75. The number of aromatic nitrogens is 1. The highest BCUT2D eigenvalue weighted by atomic mass is 16.5. The minimum absolute atomic E-state index is 0.272. The Labute approximate surface area is 99.1 Å². The number of hydrogen-bond donors (Lipinski definition) is 1. The van der Waals surface area contributed by atoms with Crippen molar-refractivity contribution in [3.05, 3.63) is 29.8 Å². The molecule has 1 aromatic heterocycles. The summed E-state index contributed by atoms with van der Waals surface area (Å²) in [6, 6.07) is 7.38. The molecule has 1 aromatic carbocycles. The molecule has 0 amide bonds. The lowest BCUT2D eigenvalue weighted by molar-refractivity contribution is 0.185. The number of nitrogens with two attached hydrogens (primary N) is 1. The van der Waals surface area contributed by atoms with Crippen LogP contribution in [0.15, 0.2) is 28.8 Å². The molecule has 1 heterocycles. The maximum Gasteiger partial charge on any atom is 0.222 e. The number of nitrogens with zero attached hydrogens (tertiary/aromatic N) is 1. The van der Waals surface area contributed by atoms with Crippen molar-refractivity contribution >= 4 is 5.88 Å². The van der Waals surface area contributed by atoms with Gasteiger partial charge in [-0.15, -0.1) is 0 Å². The van der Waals surface area contributed by atoms with Crippen molar-refractivity contribution < 1.29 is 14.0 Å². The van der Waals surface area contributed by atoms with E-state index >= 15 is 0 Å². The van der Waals surface area contributed by atoms with E-state index in [1.165, 1.54) is 0 Å². The third kappa shape index (κ3) is 2.24. The zero-order valence-corrected chi connectivity index (χ0v) is 9.77. The molecule has 17 heavy (non-hydrogen) atoms. The molecule has 2 aromatic rings. The standard InChI is InChI=1S/C12H14N2O3/c1-15-7-8-4-3-5-10(16-2)12(8)9-6-11(13)17-14-9/h3-6H,7,13H2,1-2H3. The van der Waals surface area contributed by atoms with Crippen molar-refractivity contribution in [2.75, 3.05) is 20.0 Å². The first-order valence-corrected chi connectivity index (χ1v) is 5.13. The Balaban J connectivity index is 2.55. The molecule has 0 spiro atoms. The third-order valence-corrected chi connectivity index (χ3v) is 2.42. The van der Waals surface area contributed by atoms with Crippen LogP contribution < -0.4 is 10.5 Å². The molecule has 5 nitrogen and oxygen atoms in total. The van der Waals surface area contributed by atoms with Crippen molar-refractivity contribution in [1.82, 2.24) is 5.16 Å². The first-order valence-electron chi connectivity index (χ1n) is 5.13. The predicted octanol–water partition coefficient (Wildman–Crippen LogP) is 2.08. The van der Waals surface area contributed by atoms with Crippen LogP contribution in [0.5, 0.6) is 5.75 Å². The summed E-state index contributed by atoms with van der Waals surface area (Å²) in [6.07, 6.45) is 0. The summed E-state index contributed by atoms with van der Waals surface area (Å²) >= 11 is 0. The molecule has 0 aliphatic heterocycles. The second-order valence-corrected chi connectivity index (χ2v) is 3.54. The maximum atomic E-state index is 5.53. The van der Waals surface area contributed by atoms with Gasteiger partial charge in [-0.1, -0.05) is 17.3 Å². The van der Waals surface area contributed by atoms with Crippen molar-refractivity contribution in [2.45, 2.75) is 6.61 Å². The number of methoxy groups -OCH3 is 2. The van der Waals surface area contributed by atoms with Crippen LogP contribution in [0.1, 0.15) is 5.56 Å². The molecule has 90 valence electrons. The molecule has 0 aliphatic rings. The highest BCUT2D eigenvalue weighted by molar-refractivity contribution is 5.72. The number of nitrogen functional groups attached to an aromatic ring is 1. The molecule has 0 bridgehead atoms. The molecule has 0 unspecified atom stereocenters. The topological polar surface area (TPSA) is 70.5 Å². The molecular formula is C12H14N2O3. The van der Waals surface area contributed by atoms with Crippen molar-refractivity contribution in [3.8, 4) is 17.0 Å². The van der Waals surface area contributed by atoms with Gasteiger partial charge in [0.25, 0.3) is 0 Å². The maximum absolute atomic E-state index is 5.53. The van der Waals surface area contributed by atoms with Gasteiger partial charge in [0.05, 0.1) is 19.3 Å². The largest absolute Gasteiger partial charge is 0.496 e. The molecule has 5 heteroatoms. The van der Waals surface area contributed by atoms with Crippen LogP contribution in [-0.4, -0.2) is 19.4 Å². The lowest BCUT2D eigenvalue weighted by Gasteiger charge is -2.10.